The molecule has 0 bridgehead atoms. The highest BCUT2D eigenvalue weighted by Gasteiger charge is 2.33. The molecule has 0 aromatic carbocycles. The molecule has 0 radical (unpaired) electrons. The number of nitrogens with zero attached hydrogens (tertiary/aromatic N) is 2. The van der Waals surface area contributed by atoms with Crippen molar-refractivity contribution in [1.82, 2.24) is 15.2 Å². The fourth-order valence-electron chi connectivity index (χ4n) is 1.48. The Bertz CT molecular complexity index is 548. The van der Waals surface area contributed by atoms with Crippen LogP contribution in [0.15, 0.2) is 17.8 Å². The van der Waals surface area contributed by atoms with E-state index in [1.54, 1.807) is 19.3 Å². The van der Waals surface area contributed by atoms with E-state index in [1.807, 2.05) is 19.2 Å². The number of hydrogen-bond donors (Lipinski definition) is 2. The van der Waals surface area contributed by atoms with Crippen molar-refractivity contribution in [3.63, 3.8) is 0 Å². The Morgan fingerprint density at radius 3 is 3.00 bits per heavy atom. The van der Waals surface area contributed by atoms with Crippen LogP contribution in [0.5, 0.6) is 0 Å². The summed E-state index contributed by atoms with van der Waals surface area (Å²) < 4.78 is 5.07. The Morgan fingerprint density at radius 1 is 1.58 bits per heavy atom. The standard InChI is InChI=1S/C12H16N4O2S/c1-4-18-10(17)12(2,3)9-7-19-11(16-9)15-8-5-13-14-6-8/h5-7H,4H2,1-3H3,(H,13,14)(H,15,16). The highest BCUT2D eigenvalue weighted by Crippen LogP contribution is 2.29. The molecular weight excluding hydrogens is 264 g/mol. The van der Waals surface area contributed by atoms with Gasteiger partial charge in [0.25, 0.3) is 0 Å². The largest absolute Gasteiger partial charge is 0.465 e. The lowest BCUT2D eigenvalue weighted by molar-refractivity contribution is -0.148. The van der Waals surface area contributed by atoms with Crippen molar-refractivity contribution >= 4 is 28.1 Å². The van der Waals surface area contributed by atoms with Crippen LogP contribution >= 0.6 is 11.3 Å². The maximum Gasteiger partial charge on any atom is 0.317 e. The summed E-state index contributed by atoms with van der Waals surface area (Å²) in [5.41, 5.74) is 0.778. The second-order valence-corrected chi connectivity index (χ2v) is 5.35. The molecular formula is C12H16N4O2S. The number of esters is 1. The van der Waals surface area contributed by atoms with E-state index >= 15 is 0 Å². The lowest BCUT2D eigenvalue weighted by atomic mass is 9.90. The fraction of sp³-hybridized carbons (Fsp3) is 0.417. The summed E-state index contributed by atoms with van der Waals surface area (Å²) in [7, 11) is 0. The normalized spacial score (nSPS) is 11.3. The number of carbonyl (C=O) groups is 1. The zero-order valence-electron chi connectivity index (χ0n) is 11.1. The summed E-state index contributed by atoms with van der Waals surface area (Å²) in [6, 6.07) is 0. The molecule has 0 aliphatic rings. The summed E-state index contributed by atoms with van der Waals surface area (Å²) in [6.45, 7) is 5.77. The predicted molar refractivity (Wildman–Crippen MR) is 73.6 cm³/mol. The van der Waals surface area contributed by atoms with Gasteiger partial charge < -0.3 is 10.1 Å². The summed E-state index contributed by atoms with van der Waals surface area (Å²) in [5, 5.41) is 12.2. The first-order valence-corrected chi connectivity index (χ1v) is 6.81. The SMILES string of the molecule is CCOC(=O)C(C)(C)c1csc(Nc2cn[nH]c2)n1. The molecule has 0 aliphatic carbocycles. The summed E-state index contributed by atoms with van der Waals surface area (Å²) in [4.78, 5) is 16.3. The van der Waals surface area contributed by atoms with Gasteiger partial charge in [0, 0.05) is 11.6 Å². The van der Waals surface area contributed by atoms with Crippen LogP contribution in [0.4, 0.5) is 10.8 Å². The van der Waals surface area contributed by atoms with E-state index in [2.05, 4.69) is 20.5 Å². The molecule has 2 aromatic heterocycles. The van der Waals surface area contributed by atoms with E-state index in [0.717, 1.165) is 5.69 Å². The van der Waals surface area contributed by atoms with Gasteiger partial charge in [-0.15, -0.1) is 11.3 Å². The van der Waals surface area contributed by atoms with Crippen LogP contribution in [0.3, 0.4) is 0 Å². The molecule has 2 aromatic rings. The van der Waals surface area contributed by atoms with E-state index in [0.29, 0.717) is 17.4 Å². The van der Waals surface area contributed by atoms with Crippen LogP contribution in [-0.4, -0.2) is 27.8 Å². The van der Waals surface area contributed by atoms with Gasteiger partial charge in [0.05, 0.1) is 24.2 Å². The van der Waals surface area contributed by atoms with Gasteiger partial charge in [0.2, 0.25) is 0 Å². The molecule has 102 valence electrons. The average Bonchev–Trinajstić information content (AvgIpc) is 3.01. The first-order valence-electron chi connectivity index (χ1n) is 5.93. The first kappa shape index (κ1) is 13.5. The molecule has 0 fully saturated rings. The molecule has 0 spiro atoms. The second kappa shape index (κ2) is 5.40. The number of nitrogens with one attached hydrogen (secondary N) is 2. The molecule has 0 unspecified atom stereocenters. The lowest BCUT2D eigenvalue weighted by Crippen LogP contribution is -2.31. The Balaban J connectivity index is 2.14. The number of H-pyrrole nitrogens is 1. The molecule has 0 saturated heterocycles. The van der Waals surface area contributed by atoms with Crippen molar-refractivity contribution in [2.24, 2.45) is 0 Å². The topological polar surface area (TPSA) is 79.9 Å². The number of thiazole rings is 1. The number of aromatic amines is 1. The van der Waals surface area contributed by atoms with Gasteiger partial charge in [-0.1, -0.05) is 0 Å². The highest BCUT2D eigenvalue weighted by atomic mass is 32.1. The molecule has 6 nitrogen and oxygen atoms in total. The van der Waals surface area contributed by atoms with Gasteiger partial charge in [0.15, 0.2) is 5.13 Å². The van der Waals surface area contributed by atoms with Crippen molar-refractivity contribution in [1.29, 1.82) is 0 Å². The summed E-state index contributed by atoms with van der Waals surface area (Å²) in [5.74, 6) is -0.268. The van der Waals surface area contributed by atoms with Gasteiger partial charge in [-0.3, -0.25) is 9.89 Å². The van der Waals surface area contributed by atoms with Crippen molar-refractivity contribution in [3.8, 4) is 0 Å². The minimum Gasteiger partial charge on any atom is -0.465 e. The number of rotatable bonds is 5. The maximum absolute atomic E-state index is 11.9. The van der Waals surface area contributed by atoms with Crippen molar-refractivity contribution in [2.45, 2.75) is 26.2 Å². The van der Waals surface area contributed by atoms with Gasteiger partial charge in [-0.05, 0) is 20.8 Å². The van der Waals surface area contributed by atoms with Crippen molar-refractivity contribution < 1.29 is 9.53 Å². The molecule has 2 heterocycles. The first-order chi connectivity index (χ1) is 9.04. The van der Waals surface area contributed by atoms with E-state index in [4.69, 9.17) is 4.74 Å². The van der Waals surface area contributed by atoms with Crippen LogP contribution in [0.1, 0.15) is 26.5 Å². The molecule has 2 rings (SSSR count). The van der Waals surface area contributed by atoms with Crippen LogP contribution in [0, 0.1) is 0 Å². The highest BCUT2D eigenvalue weighted by molar-refractivity contribution is 7.13. The quantitative estimate of drug-likeness (QED) is 0.822. The number of carbonyl (C=O) groups excluding carboxylic acids is 1. The zero-order chi connectivity index (χ0) is 13.9. The van der Waals surface area contributed by atoms with Crippen LogP contribution in [0.25, 0.3) is 0 Å². The average molecular weight is 280 g/mol. The molecule has 0 atom stereocenters. The molecule has 0 amide bonds. The summed E-state index contributed by atoms with van der Waals surface area (Å²) >= 11 is 1.44. The molecule has 0 saturated carbocycles. The van der Waals surface area contributed by atoms with Gasteiger partial charge in [0.1, 0.15) is 5.41 Å². The third-order valence-corrected chi connectivity index (χ3v) is 3.44. The molecule has 19 heavy (non-hydrogen) atoms. The Labute approximate surface area is 115 Å². The Kier molecular flexibility index (Phi) is 3.84. The molecule has 2 N–H and O–H groups in total. The Morgan fingerprint density at radius 2 is 2.37 bits per heavy atom. The van der Waals surface area contributed by atoms with Crippen LogP contribution in [-0.2, 0) is 14.9 Å². The van der Waals surface area contributed by atoms with E-state index in [1.165, 1.54) is 11.3 Å². The van der Waals surface area contributed by atoms with Crippen molar-refractivity contribution in [2.75, 3.05) is 11.9 Å². The predicted octanol–water partition coefficient (Wildman–Crippen LogP) is 2.45. The summed E-state index contributed by atoms with van der Waals surface area (Å²) in [6.07, 6.45) is 3.40. The second-order valence-electron chi connectivity index (χ2n) is 4.50. The lowest BCUT2D eigenvalue weighted by Gasteiger charge is -2.19. The number of ether oxygens (including phenoxy) is 1. The van der Waals surface area contributed by atoms with E-state index < -0.39 is 5.41 Å². The minimum absolute atomic E-state index is 0.268. The molecule has 7 heteroatoms. The Hall–Kier alpha value is -1.89. The third-order valence-electron chi connectivity index (χ3n) is 2.68. The van der Waals surface area contributed by atoms with Gasteiger partial charge >= 0.3 is 5.97 Å². The van der Waals surface area contributed by atoms with Gasteiger partial charge in [-0.2, -0.15) is 5.10 Å². The zero-order valence-corrected chi connectivity index (χ0v) is 11.9. The van der Waals surface area contributed by atoms with Crippen LogP contribution in [0.2, 0.25) is 0 Å². The number of hydrogen-bond acceptors (Lipinski definition) is 6. The molecule has 0 aliphatic heterocycles. The van der Waals surface area contributed by atoms with Crippen molar-refractivity contribution in [3.05, 3.63) is 23.5 Å². The maximum atomic E-state index is 11.9. The van der Waals surface area contributed by atoms with E-state index in [-0.39, 0.29) is 5.97 Å². The number of aromatic nitrogens is 3. The minimum atomic E-state index is -0.747. The smallest absolute Gasteiger partial charge is 0.317 e. The van der Waals surface area contributed by atoms with Gasteiger partial charge in [-0.25, -0.2) is 4.98 Å². The number of anilines is 2. The van der Waals surface area contributed by atoms with E-state index in [9.17, 15) is 4.79 Å². The fourth-order valence-corrected chi connectivity index (χ4v) is 2.38. The monoisotopic (exact) mass is 280 g/mol. The third kappa shape index (κ3) is 2.93. The van der Waals surface area contributed by atoms with Crippen LogP contribution < -0.4 is 5.32 Å².